The molecule has 0 bridgehead atoms. The molecule has 0 aliphatic carbocycles. The van der Waals surface area contributed by atoms with Gasteiger partial charge in [-0.25, -0.2) is 0 Å². The summed E-state index contributed by atoms with van der Waals surface area (Å²) in [6.07, 6.45) is 3.18. The molecule has 3 heteroatoms. The Balaban J connectivity index is 3.28. The fraction of sp³-hybridized carbons (Fsp3) is 0.917. The molecule has 3 nitrogen and oxygen atoms in total. The summed E-state index contributed by atoms with van der Waals surface area (Å²) in [5.74, 6) is 0.107. The van der Waals surface area contributed by atoms with Crippen molar-refractivity contribution in [1.29, 1.82) is 0 Å². The lowest BCUT2D eigenvalue weighted by Crippen LogP contribution is -2.35. The van der Waals surface area contributed by atoms with Crippen LogP contribution in [0.4, 0.5) is 0 Å². The monoisotopic (exact) mass is 215 g/mol. The molecule has 0 atom stereocenters. The van der Waals surface area contributed by atoms with Gasteiger partial charge >= 0.3 is 0 Å². The fourth-order valence-electron chi connectivity index (χ4n) is 0.990. The number of rotatable bonds is 7. The number of unbranched alkanes of at least 4 members (excludes halogenated alkanes) is 1. The van der Waals surface area contributed by atoms with E-state index in [2.05, 4.69) is 12.2 Å². The van der Waals surface area contributed by atoms with Crippen LogP contribution in [0.3, 0.4) is 0 Å². The first kappa shape index (κ1) is 14.4. The Labute approximate surface area is 93.6 Å². The number of carbonyl (C=O) groups is 1. The lowest BCUT2D eigenvalue weighted by molar-refractivity contribution is -0.128. The van der Waals surface area contributed by atoms with Crippen molar-refractivity contribution in [1.82, 2.24) is 5.32 Å². The lowest BCUT2D eigenvalue weighted by atomic mass is 9.96. The minimum Gasteiger partial charge on any atom is -0.381 e. The molecule has 90 valence electrons. The first-order valence-electron chi connectivity index (χ1n) is 5.84. The van der Waals surface area contributed by atoms with Gasteiger partial charge < -0.3 is 10.1 Å². The smallest absolute Gasteiger partial charge is 0.225 e. The summed E-state index contributed by atoms with van der Waals surface area (Å²) in [4.78, 5) is 11.4. The van der Waals surface area contributed by atoms with Gasteiger partial charge in [-0.1, -0.05) is 34.1 Å². The third-order valence-corrected chi connectivity index (χ3v) is 2.07. The Morgan fingerprint density at radius 1 is 1.20 bits per heavy atom. The lowest BCUT2D eigenvalue weighted by Gasteiger charge is -2.17. The van der Waals surface area contributed by atoms with Gasteiger partial charge in [0.2, 0.25) is 5.91 Å². The minimum atomic E-state index is -0.289. The zero-order chi connectivity index (χ0) is 11.7. The van der Waals surface area contributed by atoms with E-state index >= 15 is 0 Å². The predicted octanol–water partition coefficient (Wildman–Crippen LogP) is 2.36. The second-order valence-electron chi connectivity index (χ2n) is 4.83. The Kier molecular flexibility index (Phi) is 7.39. The Bertz CT molecular complexity index is 173. The average Bonchev–Trinajstić information content (AvgIpc) is 2.14. The normalized spacial score (nSPS) is 11.5. The van der Waals surface area contributed by atoms with Crippen molar-refractivity contribution in [3.63, 3.8) is 0 Å². The molecule has 0 unspecified atom stereocenters. The highest BCUT2D eigenvalue weighted by Gasteiger charge is 2.19. The molecule has 0 spiro atoms. The van der Waals surface area contributed by atoms with Crippen LogP contribution in [-0.2, 0) is 9.53 Å². The van der Waals surface area contributed by atoms with E-state index in [1.54, 1.807) is 0 Å². The zero-order valence-corrected chi connectivity index (χ0v) is 10.6. The van der Waals surface area contributed by atoms with Gasteiger partial charge in [0.25, 0.3) is 0 Å². The molecule has 0 aromatic rings. The van der Waals surface area contributed by atoms with Gasteiger partial charge in [-0.2, -0.15) is 0 Å². The van der Waals surface area contributed by atoms with Crippen molar-refractivity contribution in [2.24, 2.45) is 5.41 Å². The largest absolute Gasteiger partial charge is 0.381 e. The molecule has 0 aromatic carbocycles. The van der Waals surface area contributed by atoms with Crippen molar-refractivity contribution in [3.8, 4) is 0 Å². The number of nitrogens with one attached hydrogen (secondary N) is 1. The molecule has 0 radical (unpaired) electrons. The Morgan fingerprint density at radius 2 is 1.80 bits per heavy atom. The highest BCUT2D eigenvalue weighted by atomic mass is 16.5. The van der Waals surface area contributed by atoms with E-state index in [9.17, 15) is 4.79 Å². The van der Waals surface area contributed by atoms with Gasteiger partial charge in [0.05, 0.1) is 0 Å². The number of hydrogen-bond donors (Lipinski definition) is 1. The summed E-state index contributed by atoms with van der Waals surface area (Å²) in [6.45, 7) is 10.2. The molecule has 0 saturated heterocycles. The summed E-state index contributed by atoms with van der Waals surface area (Å²) in [7, 11) is 0. The van der Waals surface area contributed by atoms with E-state index in [1.165, 1.54) is 6.42 Å². The average molecular weight is 215 g/mol. The zero-order valence-electron chi connectivity index (χ0n) is 10.6. The van der Waals surface area contributed by atoms with Crippen LogP contribution in [0.1, 0.15) is 47.0 Å². The first-order chi connectivity index (χ1) is 6.98. The molecule has 0 saturated carbocycles. The van der Waals surface area contributed by atoms with Gasteiger partial charge in [0.15, 0.2) is 0 Å². The molecular weight excluding hydrogens is 190 g/mol. The van der Waals surface area contributed by atoms with Gasteiger partial charge in [0.1, 0.15) is 0 Å². The third kappa shape index (κ3) is 8.43. The van der Waals surface area contributed by atoms with Crippen LogP contribution in [0.2, 0.25) is 0 Å². The molecule has 0 aromatic heterocycles. The quantitative estimate of drug-likeness (QED) is 0.662. The maximum Gasteiger partial charge on any atom is 0.225 e. The molecule has 0 aliphatic rings. The van der Waals surface area contributed by atoms with Crippen LogP contribution in [0.5, 0.6) is 0 Å². The van der Waals surface area contributed by atoms with Crippen LogP contribution in [0, 0.1) is 5.41 Å². The predicted molar refractivity (Wildman–Crippen MR) is 62.8 cm³/mol. The van der Waals surface area contributed by atoms with E-state index in [1.807, 2.05) is 20.8 Å². The van der Waals surface area contributed by atoms with Crippen molar-refractivity contribution >= 4 is 5.91 Å². The molecular formula is C12H25NO2. The van der Waals surface area contributed by atoms with Crippen molar-refractivity contribution in [3.05, 3.63) is 0 Å². The summed E-state index contributed by atoms with van der Waals surface area (Å²) in [5.41, 5.74) is -0.289. The number of amides is 1. The second kappa shape index (κ2) is 7.69. The van der Waals surface area contributed by atoms with Crippen LogP contribution >= 0.6 is 0 Å². The summed E-state index contributed by atoms with van der Waals surface area (Å²) in [6, 6.07) is 0. The van der Waals surface area contributed by atoms with E-state index < -0.39 is 0 Å². The first-order valence-corrected chi connectivity index (χ1v) is 5.84. The topological polar surface area (TPSA) is 38.3 Å². The van der Waals surface area contributed by atoms with Gasteiger partial charge in [-0.3, -0.25) is 4.79 Å². The van der Waals surface area contributed by atoms with Crippen LogP contribution in [-0.4, -0.2) is 25.7 Å². The van der Waals surface area contributed by atoms with E-state index in [-0.39, 0.29) is 11.3 Å². The number of carbonyl (C=O) groups excluding carboxylic acids is 1. The van der Waals surface area contributed by atoms with E-state index in [0.717, 1.165) is 26.1 Å². The number of ether oxygens (including phenoxy) is 1. The minimum absolute atomic E-state index is 0.107. The van der Waals surface area contributed by atoms with Crippen molar-refractivity contribution in [2.75, 3.05) is 19.8 Å². The number of hydrogen-bond acceptors (Lipinski definition) is 2. The van der Waals surface area contributed by atoms with Crippen molar-refractivity contribution < 1.29 is 9.53 Å². The highest BCUT2D eigenvalue weighted by Crippen LogP contribution is 2.11. The van der Waals surface area contributed by atoms with E-state index in [0.29, 0.717) is 6.54 Å². The molecule has 0 aliphatic heterocycles. The second-order valence-corrected chi connectivity index (χ2v) is 4.83. The van der Waals surface area contributed by atoms with Gasteiger partial charge in [-0.05, 0) is 12.8 Å². The Hall–Kier alpha value is -0.570. The van der Waals surface area contributed by atoms with Crippen LogP contribution < -0.4 is 5.32 Å². The van der Waals surface area contributed by atoms with Crippen LogP contribution in [0.15, 0.2) is 0 Å². The summed E-state index contributed by atoms with van der Waals surface area (Å²) < 4.78 is 5.39. The molecule has 1 N–H and O–H groups in total. The summed E-state index contributed by atoms with van der Waals surface area (Å²) >= 11 is 0. The van der Waals surface area contributed by atoms with Gasteiger partial charge in [0, 0.05) is 25.2 Å². The van der Waals surface area contributed by atoms with Gasteiger partial charge in [-0.15, -0.1) is 0 Å². The third-order valence-electron chi connectivity index (χ3n) is 2.07. The molecule has 0 heterocycles. The van der Waals surface area contributed by atoms with Crippen LogP contribution in [0.25, 0.3) is 0 Å². The summed E-state index contributed by atoms with van der Waals surface area (Å²) in [5, 5.41) is 2.89. The molecule has 0 fully saturated rings. The van der Waals surface area contributed by atoms with E-state index in [4.69, 9.17) is 4.74 Å². The maximum atomic E-state index is 11.4. The maximum absolute atomic E-state index is 11.4. The highest BCUT2D eigenvalue weighted by molar-refractivity contribution is 5.81. The standard InChI is InChI=1S/C12H25NO2/c1-5-6-9-15-10-7-8-13-11(14)12(2,3)4/h5-10H2,1-4H3,(H,13,14). The SMILES string of the molecule is CCCCOCCCNC(=O)C(C)(C)C. The molecule has 15 heavy (non-hydrogen) atoms. The van der Waals surface area contributed by atoms with Crippen molar-refractivity contribution in [2.45, 2.75) is 47.0 Å². The fourth-order valence-corrected chi connectivity index (χ4v) is 0.990. The Morgan fingerprint density at radius 3 is 2.33 bits per heavy atom. The molecule has 1 amide bonds. The molecule has 0 rings (SSSR count).